The number of anilines is 1. The van der Waals surface area contributed by atoms with E-state index in [9.17, 15) is 0 Å². The van der Waals surface area contributed by atoms with Crippen molar-refractivity contribution in [1.82, 2.24) is 14.9 Å². The van der Waals surface area contributed by atoms with Gasteiger partial charge < -0.3 is 10.2 Å². The molecule has 0 bridgehead atoms. The van der Waals surface area contributed by atoms with Crippen molar-refractivity contribution in [3.8, 4) is 0 Å². The van der Waals surface area contributed by atoms with E-state index in [1.165, 1.54) is 38.8 Å². The fourth-order valence-electron chi connectivity index (χ4n) is 2.09. The Labute approximate surface area is 111 Å². The maximum Gasteiger partial charge on any atom is 0.222 e. The zero-order valence-corrected chi connectivity index (χ0v) is 11.6. The molecule has 1 fully saturated rings. The van der Waals surface area contributed by atoms with Crippen LogP contribution in [0.25, 0.3) is 0 Å². The van der Waals surface area contributed by atoms with Gasteiger partial charge in [0.05, 0.1) is 4.47 Å². The summed E-state index contributed by atoms with van der Waals surface area (Å²) in [5, 5.41) is 3.25. The maximum absolute atomic E-state index is 4.19. The van der Waals surface area contributed by atoms with Gasteiger partial charge >= 0.3 is 0 Å². The highest BCUT2D eigenvalue weighted by Gasteiger charge is 2.08. The van der Waals surface area contributed by atoms with Gasteiger partial charge in [-0.3, -0.25) is 0 Å². The summed E-state index contributed by atoms with van der Waals surface area (Å²) in [5.74, 6) is 0.711. The van der Waals surface area contributed by atoms with Crippen molar-refractivity contribution < 1.29 is 0 Å². The second-order valence-corrected chi connectivity index (χ2v) is 5.32. The van der Waals surface area contributed by atoms with E-state index in [0.29, 0.717) is 5.95 Å². The first-order chi connectivity index (χ1) is 8.34. The molecule has 0 unspecified atom stereocenters. The molecule has 4 nitrogen and oxygen atoms in total. The highest BCUT2D eigenvalue weighted by atomic mass is 79.9. The smallest absolute Gasteiger partial charge is 0.222 e. The normalized spacial score (nSPS) is 17.7. The van der Waals surface area contributed by atoms with Gasteiger partial charge in [-0.2, -0.15) is 0 Å². The molecule has 0 saturated carbocycles. The standard InChI is InChI=1S/C12H19BrN4/c13-11-9-15-12(16-10-11)14-5-8-17-6-3-1-2-4-7-17/h9-10H,1-8H2,(H,14,15,16). The third-order valence-electron chi connectivity index (χ3n) is 3.03. The van der Waals surface area contributed by atoms with E-state index in [0.717, 1.165) is 17.6 Å². The van der Waals surface area contributed by atoms with Crippen LogP contribution in [0.2, 0.25) is 0 Å². The Morgan fingerprint density at radius 3 is 2.41 bits per heavy atom. The largest absolute Gasteiger partial charge is 0.353 e. The van der Waals surface area contributed by atoms with Crippen molar-refractivity contribution in [2.24, 2.45) is 0 Å². The van der Waals surface area contributed by atoms with Crippen LogP contribution in [0.1, 0.15) is 25.7 Å². The van der Waals surface area contributed by atoms with Crippen LogP contribution in [0.15, 0.2) is 16.9 Å². The minimum atomic E-state index is 0.711. The monoisotopic (exact) mass is 298 g/mol. The average molecular weight is 299 g/mol. The Bertz CT molecular complexity index is 320. The topological polar surface area (TPSA) is 41.1 Å². The van der Waals surface area contributed by atoms with Gasteiger partial charge in [-0.1, -0.05) is 12.8 Å². The highest BCUT2D eigenvalue weighted by Crippen LogP contribution is 2.09. The molecule has 2 heterocycles. The molecule has 0 amide bonds. The van der Waals surface area contributed by atoms with E-state index in [4.69, 9.17) is 0 Å². The molecule has 2 rings (SSSR count). The number of halogens is 1. The van der Waals surface area contributed by atoms with Crippen LogP contribution in [0.5, 0.6) is 0 Å². The Kier molecular flexibility index (Phi) is 5.19. The van der Waals surface area contributed by atoms with Crippen LogP contribution < -0.4 is 5.32 Å². The first-order valence-electron chi connectivity index (χ1n) is 6.28. The summed E-state index contributed by atoms with van der Waals surface area (Å²) in [5.41, 5.74) is 0. The predicted octanol–water partition coefficient (Wildman–Crippen LogP) is 2.53. The SMILES string of the molecule is Brc1cnc(NCCN2CCCCCC2)nc1. The number of likely N-dealkylation sites (tertiary alicyclic amines) is 1. The van der Waals surface area contributed by atoms with E-state index in [2.05, 4.69) is 36.1 Å². The molecular formula is C12H19BrN4. The molecule has 1 aliphatic heterocycles. The molecule has 0 radical (unpaired) electrons. The molecule has 0 spiro atoms. The number of nitrogens with zero attached hydrogens (tertiary/aromatic N) is 3. The maximum atomic E-state index is 4.19. The zero-order valence-electron chi connectivity index (χ0n) is 10.0. The van der Waals surface area contributed by atoms with E-state index < -0.39 is 0 Å². The Morgan fingerprint density at radius 1 is 1.12 bits per heavy atom. The summed E-state index contributed by atoms with van der Waals surface area (Å²) in [7, 11) is 0. The molecule has 94 valence electrons. The molecule has 0 aromatic carbocycles. The van der Waals surface area contributed by atoms with Gasteiger partial charge in [0.15, 0.2) is 0 Å². The lowest BCUT2D eigenvalue weighted by atomic mass is 10.2. The molecule has 1 N–H and O–H groups in total. The third kappa shape index (κ3) is 4.60. The zero-order chi connectivity index (χ0) is 11.9. The Hall–Kier alpha value is -0.680. The van der Waals surface area contributed by atoms with Crippen molar-refractivity contribution in [2.45, 2.75) is 25.7 Å². The van der Waals surface area contributed by atoms with Crippen LogP contribution in [0.3, 0.4) is 0 Å². The lowest BCUT2D eigenvalue weighted by Crippen LogP contribution is -2.30. The van der Waals surface area contributed by atoms with Crippen molar-refractivity contribution in [3.63, 3.8) is 0 Å². The van der Waals surface area contributed by atoms with Gasteiger partial charge in [-0.15, -0.1) is 0 Å². The number of aromatic nitrogens is 2. The molecule has 5 heteroatoms. The first kappa shape index (κ1) is 12.8. The van der Waals surface area contributed by atoms with Gasteiger partial charge in [0.25, 0.3) is 0 Å². The molecule has 0 atom stereocenters. The van der Waals surface area contributed by atoms with Crippen molar-refractivity contribution in [3.05, 3.63) is 16.9 Å². The average Bonchev–Trinajstić information content (AvgIpc) is 2.60. The minimum absolute atomic E-state index is 0.711. The minimum Gasteiger partial charge on any atom is -0.353 e. The number of nitrogens with one attached hydrogen (secondary N) is 1. The van der Waals surface area contributed by atoms with Gasteiger partial charge in [0.1, 0.15) is 0 Å². The van der Waals surface area contributed by atoms with Crippen molar-refractivity contribution >= 4 is 21.9 Å². The van der Waals surface area contributed by atoms with Crippen molar-refractivity contribution in [1.29, 1.82) is 0 Å². The predicted molar refractivity (Wildman–Crippen MR) is 73.1 cm³/mol. The van der Waals surface area contributed by atoms with Gasteiger partial charge in [-0.25, -0.2) is 9.97 Å². The number of hydrogen-bond acceptors (Lipinski definition) is 4. The molecule has 1 saturated heterocycles. The third-order valence-corrected chi connectivity index (χ3v) is 3.44. The van der Waals surface area contributed by atoms with Gasteiger partial charge in [-0.05, 0) is 41.9 Å². The molecule has 1 aliphatic rings. The Morgan fingerprint density at radius 2 is 1.76 bits per heavy atom. The van der Waals surface area contributed by atoms with Gasteiger partial charge in [0.2, 0.25) is 5.95 Å². The second-order valence-electron chi connectivity index (χ2n) is 4.41. The fraction of sp³-hybridized carbons (Fsp3) is 0.667. The van der Waals surface area contributed by atoms with Crippen LogP contribution in [0.4, 0.5) is 5.95 Å². The molecule has 1 aromatic heterocycles. The van der Waals surface area contributed by atoms with E-state index in [1.807, 2.05) is 0 Å². The molecule has 1 aromatic rings. The molecular weight excluding hydrogens is 280 g/mol. The van der Waals surface area contributed by atoms with Crippen LogP contribution in [-0.4, -0.2) is 41.0 Å². The summed E-state index contributed by atoms with van der Waals surface area (Å²) in [6, 6.07) is 0. The first-order valence-corrected chi connectivity index (χ1v) is 7.08. The van der Waals surface area contributed by atoms with E-state index >= 15 is 0 Å². The number of hydrogen-bond donors (Lipinski definition) is 1. The highest BCUT2D eigenvalue weighted by molar-refractivity contribution is 9.10. The lowest BCUT2D eigenvalue weighted by Gasteiger charge is -2.19. The van der Waals surface area contributed by atoms with E-state index in [-0.39, 0.29) is 0 Å². The quantitative estimate of drug-likeness (QED) is 0.927. The summed E-state index contributed by atoms with van der Waals surface area (Å²) in [6.45, 7) is 4.48. The van der Waals surface area contributed by atoms with Crippen LogP contribution in [-0.2, 0) is 0 Å². The number of rotatable bonds is 4. The summed E-state index contributed by atoms with van der Waals surface area (Å²) in [4.78, 5) is 10.9. The van der Waals surface area contributed by atoms with Crippen LogP contribution in [0, 0.1) is 0 Å². The summed E-state index contributed by atoms with van der Waals surface area (Å²) >= 11 is 3.32. The Balaban J connectivity index is 1.69. The fourth-order valence-corrected chi connectivity index (χ4v) is 2.29. The molecule has 0 aliphatic carbocycles. The summed E-state index contributed by atoms with van der Waals surface area (Å²) in [6.07, 6.45) is 8.99. The van der Waals surface area contributed by atoms with E-state index in [1.54, 1.807) is 12.4 Å². The van der Waals surface area contributed by atoms with Gasteiger partial charge in [0, 0.05) is 25.5 Å². The summed E-state index contributed by atoms with van der Waals surface area (Å²) < 4.78 is 0.913. The second kappa shape index (κ2) is 6.91. The van der Waals surface area contributed by atoms with Crippen LogP contribution >= 0.6 is 15.9 Å². The lowest BCUT2D eigenvalue weighted by molar-refractivity contribution is 0.296. The van der Waals surface area contributed by atoms with Crippen molar-refractivity contribution in [2.75, 3.05) is 31.5 Å². The molecule has 17 heavy (non-hydrogen) atoms.